The van der Waals surface area contributed by atoms with Gasteiger partial charge in [0.05, 0.1) is 23.1 Å². The Balaban J connectivity index is 1.41. The molecule has 3 heterocycles. The summed E-state index contributed by atoms with van der Waals surface area (Å²) in [5.41, 5.74) is -1.33. The van der Waals surface area contributed by atoms with E-state index >= 15 is 0 Å². The van der Waals surface area contributed by atoms with E-state index in [0.717, 1.165) is 51.3 Å². The van der Waals surface area contributed by atoms with Crippen molar-refractivity contribution < 1.29 is 22.8 Å². The Kier molecular flexibility index (Phi) is 6.18. The summed E-state index contributed by atoms with van der Waals surface area (Å²) in [4.78, 5) is 32.1. The number of piperidine rings is 1. The number of hydrogen-bond donors (Lipinski definition) is 0. The molecule has 1 atom stereocenters. The van der Waals surface area contributed by atoms with Gasteiger partial charge in [0.2, 0.25) is 11.8 Å². The number of hydrogen-bond acceptors (Lipinski definition) is 4. The van der Waals surface area contributed by atoms with Crippen molar-refractivity contribution in [3.63, 3.8) is 0 Å². The van der Waals surface area contributed by atoms with Crippen LogP contribution in [0.1, 0.15) is 56.1 Å². The first kappa shape index (κ1) is 24.0. The van der Waals surface area contributed by atoms with Crippen LogP contribution in [-0.2, 0) is 15.8 Å². The molecule has 3 saturated heterocycles. The van der Waals surface area contributed by atoms with Gasteiger partial charge in [0.15, 0.2) is 0 Å². The molecule has 0 aromatic heterocycles. The zero-order valence-electron chi connectivity index (χ0n) is 19.8. The van der Waals surface area contributed by atoms with Crippen LogP contribution in [0, 0.1) is 28.6 Å². The van der Waals surface area contributed by atoms with Crippen molar-refractivity contribution in [2.45, 2.75) is 51.1 Å². The first-order valence-corrected chi connectivity index (χ1v) is 12.7. The van der Waals surface area contributed by atoms with E-state index in [9.17, 15) is 22.8 Å². The Morgan fingerprint density at radius 1 is 0.971 bits per heavy atom. The van der Waals surface area contributed by atoms with E-state index in [4.69, 9.17) is 5.26 Å². The molecule has 1 spiro atoms. The van der Waals surface area contributed by atoms with Crippen molar-refractivity contribution in [2.75, 3.05) is 44.2 Å². The standard InChI is InChI=1S/C26H31F3N4O2/c27-26(28,29)21-14-20(7-6-19(21)15-30)33-16-22(24(35)31-10-1-2-11-31)25(17-33)8-12-32(13-9-25)23(34)18-4-3-5-18/h6-7,14,18,22H,1-5,8-13,16-17H2. The minimum Gasteiger partial charge on any atom is -0.370 e. The molecule has 4 aliphatic rings. The van der Waals surface area contributed by atoms with E-state index in [1.165, 1.54) is 6.07 Å². The van der Waals surface area contributed by atoms with Gasteiger partial charge < -0.3 is 14.7 Å². The van der Waals surface area contributed by atoms with Crippen LogP contribution in [0.3, 0.4) is 0 Å². The Morgan fingerprint density at radius 2 is 1.63 bits per heavy atom. The Bertz CT molecular complexity index is 1030. The molecular weight excluding hydrogens is 457 g/mol. The molecule has 188 valence electrons. The lowest BCUT2D eigenvalue weighted by atomic mass is 9.70. The summed E-state index contributed by atoms with van der Waals surface area (Å²) in [5, 5.41) is 9.16. The first-order valence-electron chi connectivity index (χ1n) is 12.7. The molecule has 1 aromatic rings. The zero-order valence-corrected chi connectivity index (χ0v) is 19.8. The molecule has 1 aromatic carbocycles. The molecular formula is C26H31F3N4O2. The minimum absolute atomic E-state index is 0.0912. The monoisotopic (exact) mass is 488 g/mol. The molecule has 1 saturated carbocycles. The molecule has 1 aliphatic carbocycles. The second kappa shape index (κ2) is 9.03. The number of likely N-dealkylation sites (tertiary alicyclic amines) is 2. The van der Waals surface area contributed by atoms with Gasteiger partial charge in [-0.25, -0.2) is 0 Å². The third-order valence-corrected chi connectivity index (χ3v) is 8.68. The second-order valence-electron chi connectivity index (χ2n) is 10.6. The third kappa shape index (κ3) is 4.36. The van der Waals surface area contributed by atoms with E-state index in [2.05, 4.69) is 0 Å². The van der Waals surface area contributed by atoms with Gasteiger partial charge in [-0.3, -0.25) is 9.59 Å². The van der Waals surface area contributed by atoms with Crippen LogP contribution in [0.5, 0.6) is 0 Å². The Morgan fingerprint density at radius 3 is 2.20 bits per heavy atom. The molecule has 9 heteroatoms. The number of carbonyl (C=O) groups is 2. The molecule has 0 radical (unpaired) electrons. The molecule has 0 N–H and O–H groups in total. The van der Waals surface area contributed by atoms with Crippen LogP contribution in [0.25, 0.3) is 0 Å². The van der Waals surface area contributed by atoms with Crippen LogP contribution in [0.15, 0.2) is 18.2 Å². The topological polar surface area (TPSA) is 67.7 Å². The van der Waals surface area contributed by atoms with E-state index in [-0.39, 0.29) is 29.1 Å². The van der Waals surface area contributed by atoms with Crippen molar-refractivity contribution in [3.8, 4) is 6.07 Å². The maximum absolute atomic E-state index is 13.6. The molecule has 2 amide bonds. The quantitative estimate of drug-likeness (QED) is 0.644. The summed E-state index contributed by atoms with van der Waals surface area (Å²) >= 11 is 0. The zero-order chi connectivity index (χ0) is 24.8. The smallest absolute Gasteiger partial charge is 0.370 e. The van der Waals surface area contributed by atoms with E-state index in [1.54, 1.807) is 12.1 Å². The highest BCUT2D eigenvalue weighted by Crippen LogP contribution is 2.48. The maximum Gasteiger partial charge on any atom is 0.417 e. The lowest BCUT2D eigenvalue weighted by molar-refractivity contribution is -0.143. The van der Waals surface area contributed by atoms with Gasteiger partial charge in [0, 0.05) is 56.3 Å². The van der Waals surface area contributed by atoms with Gasteiger partial charge in [-0.15, -0.1) is 0 Å². The van der Waals surface area contributed by atoms with Gasteiger partial charge in [0.25, 0.3) is 0 Å². The third-order valence-electron chi connectivity index (χ3n) is 8.68. The number of benzene rings is 1. The lowest BCUT2D eigenvalue weighted by Crippen LogP contribution is -2.51. The minimum atomic E-state index is -4.63. The average molecular weight is 489 g/mol. The van der Waals surface area contributed by atoms with Crippen LogP contribution < -0.4 is 4.90 Å². The highest BCUT2D eigenvalue weighted by atomic mass is 19.4. The van der Waals surface area contributed by atoms with E-state index in [0.29, 0.717) is 44.7 Å². The van der Waals surface area contributed by atoms with E-state index in [1.807, 2.05) is 14.7 Å². The first-order chi connectivity index (χ1) is 16.7. The lowest BCUT2D eigenvalue weighted by Gasteiger charge is -2.44. The van der Waals surface area contributed by atoms with Gasteiger partial charge >= 0.3 is 6.18 Å². The summed E-state index contributed by atoms with van der Waals surface area (Å²) in [6, 6.07) is 5.46. The largest absolute Gasteiger partial charge is 0.417 e. The van der Waals surface area contributed by atoms with Gasteiger partial charge in [-0.05, 0) is 56.7 Å². The molecule has 5 rings (SSSR count). The average Bonchev–Trinajstić information content (AvgIpc) is 3.46. The van der Waals surface area contributed by atoms with Gasteiger partial charge in [-0.2, -0.15) is 18.4 Å². The summed E-state index contributed by atoms with van der Waals surface area (Å²) in [7, 11) is 0. The van der Waals surface area contributed by atoms with Gasteiger partial charge in [0.1, 0.15) is 0 Å². The van der Waals surface area contributed by atoms with Crippen LogP contribution in [0.2, 0.25) is 0 Å². The number of alkyl halides is 3. The van der Waals surface area contributed by atoms with Crippen molar-refractivity contribution >= 4 is 17.5 Å². The predicted molar refractivity (Wildman–Crippen MR) is 123 cm³/mol. The van der Waals surface area contributed by atoms with Crippen LogP contribution in [0.4, 0.5) is 18.9 Å². The highest BCUT2D eigenvalue weighted by Gasteiger charge is 2.53. The maximum atomic E-state index is 13.6. The molecule has 6 nitrogen and oxygen atoms in total. The van der Waals surface area contributed by atoms with Crippen molar-refractivity contribution in [1.29, 1.82) is 5.26 Å². The Labute approximate surface area is 203 Å². The van der Waals surface area contributed by atoms with Crippen LogP contribution >= 0.6 is 0 Å². The number of anilines is 1. The molecule has 1 unspecified atom stereocenters. The summed E-state index contributed by atoms with van der Waals surface area (Å²) in [5.74, 6) is 0.121. The number of rotatable bonds is 3. The fraction of sp³-hybridized carbons (Fsp3) is 0.654. The van der Waals surface area contributed by atoms with Crippen molar-refractivity contribution in [1.82, 2.24) is 9.80 Å². The van der Waals surface area contributed by atoms with E-state index < -0.39 is 17.3 Å². The second-order valence-corrected chi connectivity index (χ2v) is 10.6. The highest BCUT2D eigenvalue weighted by molar-refractivity contribution is 5.82. The number of nitrogens with zero attached hydrogens (tertiary/aromatic N) is 4. The van der Waals surface area contributed by atoms with Crippen molar-refractivity contribution in [3.05, 3.63) is 29.3 Å². The fourth-order valence-corrected chi connectivity index (χ4v) is 6.32. The number of nitriles is 1. The molecule has 3 aliphatic heterocycles. The predicted octanol–water partition coefficient (Wildman–Crippen LogP) is 4.04. The van der Waals surface area contributed by atoms with Crippen molar-refractivity contribution in [2.24, 2.45) is 17.3 Å². The number of carbonyl (C=O) groups excluding carboxylic acids is 2. The fourth-order valence-electron chi connectivity index (χ4n) is 6.32. The summed E-state index contributed by atoms with van der Waals surface area (Å²) in [6.07, 6.45) is 1.67. The molecule has 0 bridgehead atoms. The summed E-state index contributed by atoms with van der Waals surface area (Å²) in [6.45, 7) is 3.48. The number of amides is 2. The van der Waals surface area contributed by atoms with Crippen LogP contribution in [-0.4, -0.2) is 60.9 Å². The normalized spacial score (nSPS) is 24.5. The summed E-state index contributed by atoms with van der Waals surface area (Å²) < 4.78 is 40.8. The van der Waals surface area contributed by atoms with Gasteiger partial charge in [-0.1, -0.05) is 6.42 Å². The molecule has 4 fully saturated rings. The Hall–Kier alpha value is -2.76. The number of halogens is 3. The molecule has 35 heavy (non-hydrogen) atoms. The SMILES string of the molecule is N#Cc1ccc(N2CC(C(=O)N3CCCC3)C3(CCN(C(=O)C4CCC4)CC3)C2)cc1C(F)(F)F.